The average molecular weight is 142 g/mol. The lowest BCUT2D eigenvalue weighted by Crippen LogP contribution is -2.50. The van der Waals surface area contributed by atoms with Crippen LogP contribution in [0.25, 0.3) is 0 Å². The van der Waals surface area contributed by atoms with Crippen LogP contribution in [0, 0.1) is 5.92 Å². The zero-order chi connectivity index (χ0) is 7.78. The zero-order valence-electron chi connectivity index (χ0n) is 7.05. The minimum atomic E-state index is 0.420. The van der Waals surface area contributed by atoms with Crippen LogP contribution < -0.4 is 0 Å². The fraction of sp³-hybridized carbons (Fsp3) is 0.875. The predicted molar refractivity (Wildman–Crippen MR) is 40.6 cm³/mol. The van der Waals surface area contributed by atoms with Crippen LogP contribution in [0.15, 0.2) is 0 Å². The van der Waals surface area contributed by atoms with Gasteiger partial charge in [-0.15, -0.1) is 0 Å². The van der Waals surface area contributed by atoms with Crippen LogP contribution >= 0.6 is 0 Å². The molecule has 1 heterocycles. The smallest absolute Gasteiger partial charge is 0.187 e. The molecule has 58 valence electrons. The Morgan fingerprint density at radius 3 is 2.50 bits per heavy atom. The predicted octanol–water partition coefficient (Wildman–Crippen LogP) is 0.672. The van der Waals surface area contributed by atoms with Crippen LogP contribution in [0.3, 0.4) is 0 Å². The SMILES string of the molecule is CC1CC(=O)C[N+](C)(C)C1. The quantitative estimate of drug-likeness (QED) is 0.454. The van der Waals surface area contributed by atoms with Gasteiger partial charge in [-0.2, -0.15) is 0 Å². The topological polar surface area (TPSA) is 17.1 Å². The fourth-order valence-electron chi connectivity index (χ4n) is 1.90. The molecule has 1 aliphatic heterocycles. The molecule has 0 amide bonds. The molecule has 0 N–H and O–H groups in total. The number of nitrogens with zero attached hydrogens (tertiary/aromatic N) is 1. The third-order valence-electron chi connectivity index (χ3n) is 1.99. The number of piperidine rings is 1. The number of Topliss-reactive ketones (excluding diaryl/α,β-unsaturated/α-hetero) is 1. The lowest BCUT2D eigenvalue weighted by molar-refractivity contribution is -0.888. The lowest BCUT2D eigenvalue weighted by Gasteiger charge is -2.35. The van der Waals surface area contributed by atoms with Crippen molar-refractivity contribution >= 4 is 5.78 Å². The number of rotatable bonds is 0. The number of hydrogen-bond donors (Lipinski definition) is 0. The Balaban J connectivity index is 2.59. The highest BCUT2D eigenvalue weighted by atomic mass is 16.1. The Morgan fingerprint density at radius 1 is 1.50 bits per heavy atom. The summed E-state index contributed by atoms with van der Waals surface area (Å²) in [5.41, 5.74) is 0. The van der Waals surface area contributed by atoms with Gasteiger partial charge in [-0.05, 0) is 0 Å². The molecule has 1 saturated heterocycles. The van der Waals surface area contributed by atoms with Crippen molar-refractivity contribution in [3.05, 3.63) is 0 Å². The van der Waals surface area contributed by atoms with Crippen molar-refractivity contribution in [3.63, 3.8) is 0 Å². The second kappa shape index (κ2) is 2.35. The molecule has 2 heteroatoms. The van der Waals surface area contributed by atoms with E-state index in [2.05, 4.69) is 21.0 Å². The summed E-state index contributed by atoms with van der Waals surface area (Å²) in [6.07, 6.45) is 0.793. The summed E-state index contributed by atoms with van der Waals surface area (Å²) in [6.45, 7) is 4.02. The van der Waals surface area contributed by atoms with Crippen LogP contribution in [0.1, 0.15) is 13.3 Å². The van der Waals surface area contributed by atoms with Gasteiger partial charge in [-0.1, -0.05) is 6.92 Å². The molecule has 1 unspecified atom stereocenters. The standard InChI is InChI=1S/C8H16NO/c1-7-4-8(10)6-9(2,3)5-7/h7H,4-6H2,1-3H3/q+1. The molecular weight excluding hydrogens is 126 g/mol. The first-order chi connectivity index (χ1) is 4.49. The monoisotopic (exact) mass is 142 g/mol. The molecule has 0 aromatic rings. The van der Waals surface area contributed by atoms with Crippen molar-refractivity contribution in [1.29, 1.82) is 0 Å². The maximum atomic E-state index is 11.1. The number of ketones is 1. The summed E-state index contributed by atoms with van der Waals surface area (Å²) in [7, 11) is 4.24. The highest BCUT2D eigenvalue weighted by Crippen LogP contribution is 2.16. The first-order valence-corrected chi connectivity index (χ1v) is 3.83. The Bertz CT molecular complexity index is 151. The number of likely N-dealkylation sites (N-methyl/N-ethyl adjacent to an activating group) is 1. The van der Waals surface area contributed by atoms with Crippen molar-refractivity contribution < 1.29 is 9.28 Å². The summed E-state index contributed by atoms with van der Waals surface area (Å²) in [5, 5.41) is 0. The number of hydrogen-bond acceptors (Lipinski definition) is 1. The Morgan fingerprint density at radius 2 is 2.10 bits per heavy atom. The fourth-order valence-corrected chi connectivity index (χ4v) is 1.90. The Hall–Kier alpha value is -0.370. The maximum absolute atomic E-state index is 11.1. The molecule has 0 bridgehead atoms. The molecular formula is C8H16NO+. The summed E-state index contributed by atoms with van der Waals surface area (Å²) >= 11 is 0. The number of quaternary nitrogens is 1. The van der Waals surface area contributed by atoms with Crippen molar-refractivity contribution in [2.45, 2.75) is 13.3 Å². The molecule has 0 aromatic heterocycles. The van der Waals surface area contributed by atoms with Gasteiger partial charge >= 0.3 is 0 Å². The summed E-state index contributed by atoms with van der Waals surface area (Å²) in [4.78, 5) is 11.1. The minimum absolute atomic E-state index is 0.420. The third-order valence-corrected chi connectivity index (χ3v) is 1.99. The molecule has 1 fully saturated rings. The van der Waals surface area contributed by atoms with E-state index in [0.29, 0.717) is 11.7 Å². The Labute approximate surface area is 62.4 Å². The van der Waals surface area contributed by atoms with Gasteiger partial charge in [0.05, 0.1) is 20.6 Å². The van der Waals surface area contributed by atoms with E-state index < -0.39 is 0 Å². The number of likely N-dealkylation sites (tertiary alicyclic amines) is 1. The summed E-state index contributed by atoms with van der Waals surface area (Å²) in [6, 6.07) is 0. The van der Waals surface area contributed by atoms with Crippen LogP contribution in [-0.2, 0) is 4.79 Å². The van der Waals surface area contributed by atoms with Gasteiger partial charge < -0.3 is 4.48 Å². The van der Waals surface area contributed by atoms with E-state index in [4.69, 9.17) is 0 Å². The molecule has 1 rings (SSSR count). The Kier molecular flexibility index (Phi) is 1.82. The number of carbonyl (C=O) groups is 1. The van der Waals surface area contributed by atoms with Gasteiger partial charge in [0.2, 0.25) is 0 Å². The van der Waals surface area contributed by atoms with Crippen LogP contribution in [0.4, 0.5) is 0 Å². The summed E-state index contributed by atoms with van der Waals surface area (Å²) in [5.74, 6) is 1.00. The third kappa shape index (κ3) is 1.81. The summed E-state index contributed by atoms with van der Waals surface area (Å²) < 4.78 is 0.875. The van der Waals surface area contributed by atoms with Crippen LogP contribution in [0.2, 0.25) is 0 Å². The molecule has 0 spiro atoms. The van der Waals surface area contributed by atoms with Gasteiger partial charge in [0.25, 0.3) is 0 Å². The number of carbonyl (C=O) groups excluding carboxylic acids is 1. The van der Waals surface area contributed by atoms with Gasteiger partial charge in [0.15, 0.2) is 5.78 Å². The molecule has 10 heavy (non-hydrogen) atoms. The zero-order valence-corrected chi connectivity index (χ0v) is 7.05. The van der Waals surface area contributed by atoms with Gasteiger partial charge in [0, 0.05) is 12.3 Å². The maximum Gasteiger partial charge on any atom is 0.187 e. The molecule has 2 nitrogen and oxygen atoms in total. The molecule has 1 aliphatic rings. The van der Waals surface area contributed by atoms with E-state index in [1.807, 2.05) is 0 Å². The van der Waals surface area contributed by atoms with E-state index in [1.165, 1.54) is 0 Å². The van der Waals surface area contributed by atoms with Crippen molar-refractivity contribution in [3.8, 4) is 0 Å². The van der Waals surface area contributed by atoms with Gasteiger partial charge in [-0.3, -0.25) is 4.79 Å². The average Bonchev–Trinajstić information content (AvgIpc) is 1.54. The first kappa shape index (κ1) is 7.73. The lowest BCUT2D eigenvalue weighted by atomic mass is 9.98. The van der Waals surface area contributed by atoms with Crippen molar-refractivity contribution in [2.24, 2.45) is 5.92 Å². The van der Waals surface area contributed by atoms with Crippen molar-refractivity contribution in [1.82, 2.24) is 0 Å². The van der Waals surface area contributed by atoms with E-state index in [-0.39, 0.29) is 0 Å². The van der Waals surface area contributed by atoms with E-state index in [1.54, 1.807) is 0 Å². The minimum Gasteiger partial charge on any atom is -0.322 e. The normalized spacial score (nSPS) is 32.3. The van der Waals surface area contributed by atoms with Crippen molar-refractivity contribution in [2.75, 3.05) is 27.2 Å². The van der Waals surface area contributed by atoms with E-state index >= 15 is 0 Å². The highest BCUT2D eigenvalue weighted by Gasteiger charge is 2.29. The molecule has 0 radical (unpaired) electrons. The second-order valence-corrected chi connectivity index (χ2v) is 4.12. The van der Waals surface area contributed by atoms with E-state index in [9.17, 15) is 4.79 Å². The molecule has 0 saturated carbocycles. The van der Waals surface area contributed by atoms with Gasteiger partial charge in [0.1, 0.15) is 6.54 Å². The highest BCUT2D eigenvalue weighted by molar-refractivity contribution is 5.80. The molecule has 0 aromatic carbocycles. The second-order valence-electron chi connectivity index (χ2n) is 4.12. The first-order valence-electron chi connectivity index (χ1n) is 3.83. The molecule has 1 atom stereocenters. The van der Waals surface area contributed by atoms with Crippen LogP contribution in [0.5, 0.6) is 0 Å². The van der Waals surface area contributed by atoms with Gasteiger partial charge in [-0.25, -0.2) is 0 Å². The largest absolute Gasteiger partial charge is 0.322 e. The van der Waals surface area contributed by atoms with Crippen LogP contribution in [-0.4, -0.2) is 37.5 Å². The molecule has 0 aliphatic carbocycles. The van der Waals surface area contributed by atoms with E-state index in [0.717, 1.165) is 24.0 Å².